The lowest BCUT2D eigenvalue weighted by molar-refractivity contribution is -0.120. The van der Waals surface area contributed by atoms with Crippen molar-refractivity contribution in [2.75, 3.05) is 13.1 Å². The van der Waals surface area contributed by atoms with E-state index in [1.54, 1.807) is 0 Å². The Kier molecular flexibility index (Phi) is 11.7. The predicted molar refractivity (Wildman–Crippen MR) is 120 cm³/mol. The lowest BCUT2D eigenvalue weighted by atomic mass is 9.90. The summed E-state index contributed by atoms with van der Waals surface area (Å²) < 4.78 is 0. The topological polar surface area (TPSA) is 87.8 Å². The first-order valence-electron chi connectivity index (χ1n) is 10.8. The lowest BCUT2D eigenvalue weighted by Gasteiger charge is -2.28. The van der Waals surface area contributed by atoms with Crippen LogP contribution in [0.4, 0.5) is 0 Å². The molecule has 0 fully saturated rings. The molecule has 0 radical (unpaired) electrons. The summed E-state index contributed by atoms with van der Waals surface area (Å²) in [6, 6.07) is 9.62. The minimum atomic E-state index is -0.235. The fraction of sp³-hybridized carbons (Fsp3) is 0.609. The summed E-state index contributed by atoms with van der Waals surface area (Å²) in [5, 5.41) is 2.89. The summed E-state index contributed by atoms with van der Waals surface area (Å²) >= 11 is 0. The maximum Gasteiger partial charge on any atom is 0.224 e. The van der Waals surface area contributed by atoms with Gasteiger partial charge >= 0.3 is 0 Å². The summed E-state index contributed by atoms with van der Waals surface area (Å²) in [5.41, 5.74) is 6.91. The molecule has 2 amide bonds. The van der Waals surface area contributed by atoms with E-state index in [0.29, 0.717) is 25.9 Å². The average Bonchev–Trinajstić information content (AvgIpc) is 2.71. The van der Waals surface area contributed by atoms with Crippen LogP contribution in [-0.4, -0.2) is 41.8 Å². The third-order valence-corrected chi connectivity index (χ3v) is 5.05. The molecule has 6 heteroatoms. The first-order chi connectivity index (χ1) is 13.9. The summed E-state index contributed by atoms with van der Waals surface area (Å²) in [7, 11) is 0. The van der Waals surface area contributed by atoms with Crippen molar-refractivity contribution in [1.29, 1.82) is 0 Å². The van der Waals surface area contributed by atoms with Gasteiger partial charge in [0.1, 0.15) is 0 Å². The predicted octanol–water partition coefficient (Wildman–Crippen LogP) is 3.65. The van der Waals surface area contributed by atoms with Gasteiger partial charge in [-0.1, -0.05) is 69.9 Å². The summed E-state index contributed by atoms with van der Waals surface area (Å²) in [5.74, 6) is 0.243. The van der Waals surface area contributed by atoms with Crippen LogP contribution >= 0.6 is 0 Å². The molecule has 1 rings (SSSR count). The molecule has 0 aliphatic carbocycles. The van der Waals surface area contributed by atoms with E-state index in [9.17, 15) is 9.59 Å². The smallest absolute Gasteiger partial charge is 0.224 e. The van der Waals surface area contributed by atoms with Crippen molar-refractivity contribution in [3.63, 3.8) is 0 Å². The number of rotatable bonds is 14. The molecule has 0 bridgehead atoms. The fourth-order valence-electron chi connectivity index (χ4n) is 3.24. The monoisotopic (exact) mass is 402 g/mol. The van der Waals surface area contributed by atoms with Gasteiger partial charge in [-0.3, -0.25) is 14.5 Å². The molecule has 0 aliphatic heterocycles. The van der Waals surface area contributed by atoms with Crippen LogP contribution in [0, 0.1) is 0 Å². The number of nitrogens with two attached hydrogens (primary N) is 1. The number of unbranched alkanes of at least 4 members (excludes halogenated alkanes) is 2. The normalized spacial score (nSPS) is 11.9. The Bertz CT molecular complexity index is 623. The molecular formula is C23H38N4O2. The minimum absolute atomic E-state index is 0.0257. The first kappa shape index (κ1) is 24.7. The third-order valence-electron chi connectivity index (χ3n) is 5.05. The second kappa shape index (κ2) is 13.7. The molecule has 162 valence electrons. The van der Waals surface area contributed by atoms with E-state index in [-0.39, 0.29) is 17.4 Å². The SMILES string of the molecule is CCCCC(C)(CCCC)N=C(N)N(C=O)CCCNC(=O)Cc1ccccc1. The highest BCUT2D eigenvalue weighted by Crippen LogP contribution is 2.25. The van der Waals surface area contributed by atoms with Gasteiger partial charge < -0.3 is 11.1 Å². The Morgan fingerprint density at radius 2 is 1.76 bits per heavy atom. The molecule has 0 saturated carbocycles. The van der Waals surface area contributed by atoms with Crippen molar-refractivity contribution in [1.82, 2.24) is 10.2 Å². The minimum Gasteiger partial charge on any atom is -0.369 e. The van der Waals surface area contributed by atoms with E-state index in [4.69, 9.17) is 10.7 Å². The van der Waals surface area contributed by atoms with Gasteiger partial charge in [-0.2, -0.15) is 0 Å². The van der Waals surface area contributed by atoms with Gasteiger partial charge in [-0.05, 0) is 31.7 Å². The van der Waals surface area contributed by atoms with Gasteiger partial charge in [-0.25, -0.2) is 4.99 Å². The lowest BCUT2D eigenvalue weighted by Crippen LogP contribution is -2.41. The fourth-order valence-corrected chi connectivity index (χ4v) is 3.24. The van der Waals surface area contributed by atoms with Crippen LogP contribution in [0.5, 0.6) is 0 Å². The Labute approximate surface area is 176 Å². The Morgan fingerprint density at radius 1 is 1.14 bits per heavy atom. The van der Waals surface area contributed by atoms with Crippen molar-refractivity contribution in [2.45, 2.75) is 77.7 Å². The molecule has 0 heterocycles. The van der Waals surface area contributed by atoms with Crippen LogP contribution in [0.1, 0.15) is 71.3 Å². The molecule has 29 heavy (non-hydrogen) atoms. The van der Waals surface area contributed by atoms with Crippen LogP contribution < -0.4 is 11.1 Å². The number of amides is 2. The van der Waals surface area contributed by atoms with Crippen molar-refractivity contribution >= 4 is 18.3 Å². The molecule has 3 N–H and O–H groups in total. The van der Waals surface area contributed by atoms with Gasteiger partial charge in [0, 0.05) is 13.1 Å². The molecule has 0 aliphatic rings. The molecule has 0 unspecified atom stereocenters. The molecular weight excluding hydrogens is 364 g/mol. The van der Waals surface area contributed by atoms with E-state index in [1.807, 2.05) is 30.3 Å². The molecule has 6 nitrogen and oxygen atoms in total. The molecule has 0 spiro atoms. The van der Waals surface area contributed by atoms with Crippen LogP contribution in [0.15, 0.2) is 35.3 Å². The quantitative estimate of drug-likeness (QED) is 0.215. The van der Waals surface area contributed by atoms with Crippen molar-refractivity contribution < 1.29 is 9.59 Å². The number of benzene rings is 1. The number of nitrogens with one attached hydrogen (secondary N) is 1. The van der Waals surface area contributed by atoms with Crippen LogP contribution in [0.25, 0.3) is 0 Å². The summed E-state index contributed by atoms with van der Waals surface area (Å²) in [4.78, 5) is 29.7. The zero-order valence-corrected chi connectivity index (χ0v) is 18.3. The zero-order valence-electron chi connectivity index (χ0n) is 18.3. The Morgan fingerprint density at radius 3 is 2.31 bits per heavy atom. The Hall–Kier alpha value is -2.37. The van der Waals surface area contributed by atoms with Crippen LogP contribution in [0.3, 0.4) is 0 Å². The van der Waals surface area contributed by atoms with Gasteiger partial charge in [0.15, 0.2) is 5.96 Å². The number of carbonyl (C=O) groups is 2. The third kappa shape index (κ3) is 10.1. The highest BCUT2D eigenvalue weighted by Gasteiger charge is 2.23. The largest absolute Gasteiger partial charge is 0.369 e. The van der Waals surface area contributed by atoms with Crippen molar-refractivity contribution in [2.24, 2.45) is 10.7 Å². The highest BCUT2D eigenvalue weighted by molar-refractivity contribution is 5.87. The standard InChI is InChI=1S/C23H38N4O2/c1-4-6-14-23(3,15-7-5-2)26-22(24)27(19-28)17-11-16-25-21(29)18-20-12-9-8-10-13-20/h8-10,12-13,19H,4-7,11,14-18H2,1-3H3,(H2,24,26)(H,25,29). The molecule has 0 aromatic heterocycles. The van der Waals surface area contributed by atoms with E-state index in [0.717, 1.165) is 50.5 Å². The molecule has 1 aromatic carbocycles. The average molecular weight is 403 g/mol. The van der Waals surface area contributed by atoms with Gasteiger partial charge in [0.05, 0.1) is 12.0 Å². The number of guanidine groups is 1. The molecule has 1 aromatic rings. The number of hydrogen-bond acceptors (Lipinski definition) is 3. The van der Waals surface area contributed by atoms with E-state index in [1.165, 1.54) is 4.90 Å². The first-order valence-corrected chi connectivity index (χ1v) is 10.8. The van der Waals surface area contributed by atoms with Gasteiger partial charge in [0.2, 0.25) is 12.3 Å². The zero-order chi connectivity index (χ0) is 21.5. The number of carbonyl (C=O) groups excluding carboxylic acids is 2. The summed E-state index contributed by atoms with van der Waals surface area (Å²) in [6.45, 7) is 7.38. The molecule has 0 atom stereocenters. The summed E-state index contributed by atoms with van der Waals surface area (Å²) in [6.07, 6.45) is 8.03. The maximum atomic E-state index is 12.0. The molecule has 0 saturated heterocycles. The van der Waals surface area contributed by atoms with Crippen molar-refractivity contribution in [3.05, 3.63) is 35.9 Å². The maximum absolute atomic E-state index is 12.0. The van der Waals surface area contributed by atoms with E-state index in [2.05, 4.69) is 26.1 Å². The van der Waals surface area contributed by atoms with Crippen LogP contribution in [0.2, 0.25) is 0 Å². The number of aliphatic imine (C=N–C) groups is 1. The van der Waals surface area contributed by atoms with E-state index < -0.39 is 0 Å². The number of hydrogen-bond donors (Lipinski definition) is 2. The second-order valence-corrected chi connectivity index (χ2v) is 7.84. The number of nitrogens with zero attached hydrogens (tertiary/aromatic N) is 2. The van der Waals surface area contributed by atoms with Crippen LogP contribution in [-0.2, 0) is 16.0 Å². The van der Waals surface area contributed by atoms with Gasteiger partial charge in [-0.15, -0.1) is 0 Å². The highest BCUT2D eigenvalue weighted by atomic mass is 16.1. The van der Waals surface area contributed by atoms with Crippen molar-refractivity contribution in [3.8, 4) is 0 Å². The second-order valence-electron chi connectivity index (χ2n) is 7.84. The van der Waals surface area contributed by atoms with Gasteiger partial charge in [0.25, 0.3) is 0 Å². The Balaban J connectivity index is 2.51. The van der Waals surface area contributed by atoms with E-state index >= 15 is 0 Å².